The lowest BCUT2D eigenvalue weighted by atomic mass is 10.3. The second-order valence-electron chi connectivity index (χ2n) is 4.49. The van der Waals surface area contributed by atoms with E-state index in [4.69, 9.17) is 4.74 Å². The molecule has 2 rings (SSSR count). The van der Waals surface area contributed by atoms with Crippen LogP contribution in [0, 0.1) is 0 Å². The van der Waals surface area contributed by atoms with Gasteiger partial charge in [0.1, 0.15) is 5.75 Å². The van der Waals surface area contributed by atoms with Crippen LogP contribution in [0.25, 0.3) is 0 Å². The molecule has 0 spiro atoms. The fourth-order valence-corrected chi connectivity index (χ4v) is 3.03. The van der Waals surface area contributed by atoms with Crippen molar-refractivity contribution in [3.8, 4) is 5.75 Å². The number of thioether (sulfide) groups is 1. The van der Waals surface area contributed by atoms with Crippen LogP contribution in [0.5, 0.6) is 5.75 Å². The van der Waals surface area contributed by atoms with E-state index < -0.39 is 10.8 Å². The topological polar surface area (TPSA) is 55.4 Å². The van der Waals surface area contributed by atoms with Crippen molar-refractivity contribution in [1.82, 2.24) is 0 Å². The molecule has 0 heterocycles. The first-order valence-electron chi connectivity index (χ1n) is 6.58. The first-order valence-corrected chi connectivity index (χ1v) is 9.13. The van der Waals surface area contributed by atoms with Gasteiger partial charge in [0.15, 0.2) is 0 Å². The van der Waals surface area contributed by atoms with E-state index in [0.29, 0.717) is 16.3 Å². The summed E-state index contributed by atoms with van der Waals surface area (Å²) in [6.07, 6.45) is 1.61. The van der Waals surface area contributed by atoms with Gasteiger partial charge in [0, 0.05) is 32.5 Å². The summed E-state index contributed by atoms with van der Waals surface area (Å²) in [6.45, 7) is 0. The normalized spacial score (nSPS) is 11.7. The third-order valence-electron chi connectivity index (χ3n) is 2.88. The molecule has 0 aliphatic heterocycles. The highest BCUT2D eigenvalue weighted by molar-refractivity contribution is 8.00. The van der Waals surface area contributed by atoms with Crippen molar-refractivity contribution in [2.24, 2.45) is 0 Å². The largest absolute Gasteiger partial charge is 0.497 e. The SMILES string of the molecule is COc1ccc(SCC(=O)Nc2cccc(S(C)=O)c2)cc1. The van der Waals surface area contributed by atoms with Crippen molar-refractivity contribution < 1.29 is 13.7 Å². The van der Waals surface area contributed by atoms with E-state index in [2.05, 4.69) is 5.32 Å². The lowest BCUT2D eigenvalue weighted by Gasteiger charge is -2.07. The van der Waals surface area contributed by atoms with Gasteiger partial charge in [-0.2, -0.15) is 0 Å². The molecule has 1 atom stereocenters. The maximum Gasteiger partial charge on any atom is 0.234 e. The van der Waals surface area contributed by atoms with E-state index in [0.717, 1.165) is 10.6 Å². The first-order chi connectivity index (χ1) is 10.6. The monoisotopic (exact) mass is 335 g/mol. The Balaban J connectivity index is 1.89. The quantitative estimate of drug-likeness (QED) is 0.824. The van der Waals surface area contributed by atoms with Crippen LogP contribution < -0.4 is 10.1 Å². The summed E-state index contributed by atoms with van der Waals surface area (Å²) in [6, 6.07) is 14.6. The number of hydrogen-bond acceptors (Lipinski definition) is 4. The van der Waals surface area contributed by atoms with Gasteiger partial charge in [-0.05, 0) is 42.5 Å². The van der Waals surface area contributed by atoms with Gasteiger partial charge in [-0.25, -0.2) is 0 Å². The second kappa shape index (κ2) is 8.00. The zero-order valence-electron chi connectivity index (χ0n) is 12.4. The second-order valence-corrected chi connectivity index (χ2v) is 6.92. The Morgan fingerprint density at radius 2 is 1.95 bits per heavy atom. The minimum absolute atomic E-state index is 0.0974. The van der Waals surface area contributed by atoms with E-state index in [1.54, 1.807) is 37.6 Å². The predicted octanol–water partition coefficient (Wildman–Crippen LogP) is 3.16. The lowest BCUT2D eigenvalue weighted by molar-refractivity contribution is -0.113. The molecule has 0 aliphatic carbocycles. The van der Waals surface area contributed by atoms with Crippen LogP contribution in [-0.4, -0.2) is 29.2 Å². The van der Waals surface area contributed by atoms with Gasteiger partial charge in [0.25, 0.3) is 0 Å². The van der Waals surface area contributed by atoms with Gasteiger partial charge in [-0.15, -0.1) is 11.8 Å². The van der Waals surface area contributed by atoms with Crippen LogP contribution in [-0.2, 0) is 15.6 Å². The number of methoxy groups -OCH3 is 1. The van der Waals surface area contributed by atoms with Crippen molar-refractivity contribution in [1.29, 1.82) is 0 Å². The molecule has 1 N–H and O–H groups in total. The van der Waals surface area contributed by atoms with E-state index in [9.17, 15) is 9.00 Å². The van der Waals surface area contributed by atoms with Gasteiger partial charge in [-0.3, -0.25) is 9.00 Å². The molecule has 0 saturated heterocycles. The standard InChI is InChI=1S/C16H17NO3S2/c1-20-13-6-8-14(9-7-13)21-11-16(18)17-12-4-3-5-15(10-12)22(2)19/h3-10H,11H2,1-2H3,(H,17,18). The van der Waals surface area contributed by atoms with Gasteiger partial charge >= 0.3 is 0 Å². The van der Waals surface area contributed by atoms with Gasteiger partial charge < -0.3 is 10.1 Å². The number of benzene rings is 2. The molecule has 0 fully saturated rings. The number of nitrogens with one attached hydrogen (secondary N) is 1. The molecule has 4 nitrogen and oxygen atoms in total. The fraction of sp³-hybridized carbons (Fsp3) is 0.188. The minimum Gasteiger partial charge on any atom is -0.497 e. The molecule has 0 aromatic heterocycles. The number of ether oxygens (including phenoxy) is 1. The smallest absolute Gasteiger partial charge is 0.234 e. The van der Waals surface area contributed by atoms with Crippen molar-refractivity contribution in [2.45, 2.75) is 9.79 Å². The van der Waals surface area contributed by atoms with Crippen molar-refractivity contribution >= 4 is 34.2 Å². The minimum atomic E-state index is -1.06. The number of hydrogen-bond donors (Lipinski definition) is 1. The highest BCUT2D eigenvalue weighted by atomic mass is 32.2. The predicted molar refractivity (Wildman–Crippen MR) is 91.1 cm³/mol. The van der Waals surface area contributed by atoms with Crippen LogP contribution in [0.4, 0.5) is 5.69 Å². The number of carbonyl (C=O) groups excluding carboxylic acids is 1. The molecular weight excluding hydrogens is 318 g/mol. The molecule has 0 bridgehead atoms. The summed E-state index contributed by atoms with van der Waals surface area (Å²) in [7, 11) is 0.559. The third-order valence-corrected chi connectivity index (χ3v) is 4.81. The van der Waals surface area contributed by atoms with Gasteiger partial charge in [0.05, 0.1) is 12.9 Å². The van der Waals surface area contributed by atoms with E-state index in [-0.39, 0.29) is 5.91 Å². The average Bonchev–Trinajstić information content (AvgIpc) is 2.53. The molecule has 2 aromatic rings. The van der Waals surface area contributed by atoms with E-state index >= 15 is 0 Å². The number of anilines is 1. The Kier molecular flexibility index (Phi) is 6.03. The van der Waals surface area contributed by atoms with Crippen LogP contribution in [0.3, 0.4) is 0 Å². The Bertz CT molecular complexity index is 671. The highest BCUT2D eigenvalue weighted by Gasteiger charge is 2.05. The molecule has 1 unspecified atom stereocenters. The van der Waals surface area contributed by atoms with Gasteiger partial charge in [0.2, 0.25) is 5.91 Å². The molecular formula is C16H17NO3S2. The average molecular weight is 335 g/mol. The maximum absolute atomic E-state index is 12.0. The van der Waals surface area contributed by atoms with E-state index in [1.165, 1.54) is 11.8 Å². The summed E-state index contributed by atoms with van der Waals surface area (Å²) < 4.78 is 16.5. The Labute approximate surface area is 136 Å². The van der Waals surface area contributed by atoms with Crippen LogP contribution >= 0.6 is 11.8 Å². The zero-order valence-corrected chi connectivity index (χ0v) is 14.0. The van der Waals surface area contributed by atoms with Crippen molar-refractivity contribution in [3.63, 3.8) is 0 Å². The Morgan fingerprint density at radius 3 is 2.59 bits per heavy atom. The lowest BCUT2D eigenvalue weighted by Crippen LogP contribution is -2.14. The van der Waals surface area contributed by atoms with Crippen LogP contribution in [0.1, 0.15) is 0 Å². The van der Waals surface area contributed by atoms with Crippen LogP contribution in [0.15, 0.2) is 58.3 Å². The molecule has 0 radical (unpaired) electrons. The number of carbonyl (C=O) groups is 1. The van der Waals surface area contributed by atoms with Gasteiger partial charge in [-0.1, -0.05) is 6.07 Å². The molecule has 116 valence electrons. The van der Waals surface area contributed by atoms with Crippen LogP contribution in [0.2, 0.25) is 0 Å². The fourth-order valence-electron chi connectivity index (χ4n) is 1.77. The summed E-state index contributed by atoms with van der Waals surface area (Å²) in [5.41, 5.74) is 0.660. The zero-order chi connectivity index (χ0) is 15.9. The number of amides is 1. The molecule has 0 saturated carbocycles. The summed E-state index contributed by atoms with van der Waals surface area (Å²) in [5.74, 6) is 1.00. The number of rotatable bonds is 6. The summed E-state index contributed by atoms with van der Waals surface area (Å²) in [5, 5.41) is 2.81. The summed E-state index contributed by atoms with van der Waals surface area (Å²) in [4.78, 5) is 13.7. The molecule has 2 aromatic carbocycles. The maximum atomic E-state index is 12.0. The third kappa shape index (κ3) is 4.89. The Morgan fingerprint density at radius 1 is 1.23 bits per heavy atom. The first kappa shape index (κ1) is 16.6. The molecule has 6 heteroatoms. The van der Waals surface area contributed by atoms with Crippen molar-refractivity contribution in [2.75, 3.05) is 24.4 Å². The summed E-state index contributed by atoms with van der Waals surface area (Å²) >= 11 is 1.45. The molecule has 1 amide bonds. The highest BCUT2D eigenvalue weighted by Crippen LogP contribution is 2.21. The molecule has 0 aliphatic rings. The Hall–Kier alpha value is -1.79. The van der Waals surface area contributed by atoms with Crippen molar-refractivity contribution in [3.05, 3.63) is 48.5 Å². The molecule has 22 heavy (non-hydrogen) atoms. The van der Waals surface area contributed by atoms with E-state index in [1.807, 2.05) is 24.3 Å².